The van der Waals surface area contributed by atoms with E-state index in [4.69, 9.17) is 5.73 Å². The van der Waals surface area contributed by atoms with E-state index in [1.165, 1.54) is 0 Å². The molecule has 0 aliphatic rings. The normalized spacial score (nSPS) is 8.75. The van der Waals surface area contributed by atoms with Crippen LogP contribution in [0.5, 0.6) is 0 Å². The molecule has 0 radical (unpaired) electrons. The van der Waals surface area contributed by atoms with Crippen LogP contribution in [0.25, 0.3) is 0 Å². The molecular formula is C10H10BrN. The van der Waals surface area contributed by atoms with Gasteiger partial charge in [-0.05, 0) is 24.3 Å². The first-order valence-electron chi connectivity index (χ1n) is 3.73. The van der Waals surface area contributed by atoms with E-state index in [0.717, 1.165) is 23.0 Å². The van der Waals surface area contributed by atoms with Crippen molar-refractivity contribution in [3.05, 3.63) is 29.8 Å². The summed E-state index contributed by atoms with van der Waals surface area (Å²) in [4.78, 5) is 0. The Labute approximate surface area is 81.1 Å². The second-order valence-electron chi connectivity index (χ2n) is 2.36. The van der Waals surface area contributed by atoms with E-state index >= 15 is 0 Å². The molecule has 1 aromatic carbocycles. The molecule has 0 unspecified atom stereocenters. The molecule has 0 fully saturated rings. The summed E-state index contributed by atoms with van der Waals surface area (Å²) in [6, 6.07) is 7.57. The van der Waals surface area contributed by atoms with Crippen molar-refractivity contribution in [1.82, 2.24) is 0 Å². The number of halogens is 1. The maximum Gasteiger partial charge on any atom is 0.0314 e. The van der Waals surface area contributed by atoms with Gasteiger partial charge in [-0.25, -0.2) is 0 Å². The number of hydrogen-bond acceptors (Lipinski definition) is 1. The molecule has 62 valence electrons. The summed E-state index contributed by atoms with van der Waals surface area (Å²) in [5.74, 6) is 6.07. The molecule has 0 atom stereocenters. The molecule has 1 rings (SSSR count). The monoisotopic (exact) mass is 223 g/mol. The zero-order chi connectivity index (χ0) is 8.81. The van der Waals surface area contributed by atoms with E-state index in [0.29, 0.717) is 0 Å². The SMILES string of the molecule is Nc1ccc(C#CCCBr)cc1. The van der Waals surface area contributed by atoms with E-state index in [9.17, 15) is 0 Å². The van der Waals surface area contributed by atoms with Crippen LogP contribution in [0.15, 0.2) is 24.3 Å². The summed E-state index contributed by atoms with van der Waals surface area (Å²) in [6.45, 7) is 0. The van der Waals surface area contributed by atoms with Crippen molar-refractivity contribution in [3.8, 4) is 11.8 Å². The minimum atomic E-state index is 0.779. The highest BCUT2D eigenvalue weighted by molar-refractivity contribution is 9.09. The van der Waals surface area contributed by atoms with Gasteiger partial charge in [0, 0.05) is 23.0 Å². The molecule has 0 bridgehead atoms. The number of rotatable bonds is 1. The second-order valence-corrected chi connectivity index (χ2v) is 3.16. The molecule has 0 heterocycles. The zero-order valence-electron chi connectivity index (χ0n) is 6.68. The first-order valence-corrected chi connectivity index (χ1v) is 4.85. The first-order chi connectivity index (χ1) is 5.83. The maximum absolute atomic E-state index is 5.53. The molecule has 0 aliphatic heterocycles. The van der Waals surface area contributed by atoms with Gasteiger partial charge in [0.25, 0.3) is 0 Å². The van der Waals surface area contributed by atoms with Gasteiger partial charge in [-0.15, -0.1) is 0 Å². The lowest BCUT2D eigenvalue weighted by atomic mass is 10.2. The summed E-state index contributed by atoms with van der Waals surface area (Å²) >= 11 is 3.31. The Morgan fingerprint density at radius 2 is 1.92 bits per heavy atom. The van der Waals surface area contributed by atoms with Crippen LogP contribution < -0.4 is 5.73 Å². The van der Waals surface area contributed by atoms with E-state index in [-0.39, 0.29) is 0 Å². The Bertz CT molecular complexity index is 292. The van der Waals surface area contributed by atoms with Gasteiger partial charge < -0.3 is 5.73 Å². The quantitative estimate of drug-likeness (QED) is 0.442. The van der Waals surface area contributed by atoms with Crippen LogP contribution in [-0.2, 0) is 0 Å². The fraction of sp³-hybridized carbons (Fsp3) is 0.200. The van der Waals surface area contributed by atoms with Crippen molar-refractivity contribution in [2.45, 2.75) is 6.42 Å². The predicted molar refractivity (Wildman–Crippen MR) is 56.1 cm³/mol. The highest BCUT2D eigenvalue weighted by Crippen LogP contribution is 2.03. The smallest absolute Gasteiger partial charge is 0.0314 e. The molecule has 1 aromatic rings. The molecule has 0 aliphatic carbocycles. The van der Waals surface area contributed by atoms with Crippen LogP contribution >= 0.6 is 15.9 Å². The third kappa shape index (κ3) is 2.98. The lowest BCUT2D eigenvalue weighted by Gasteiger charge is -1.91. The van der Waals surface area contributed by atoms with Crippen molar-refractivity contribution >= 4 is 21.6 Å². The van der Waals surface area contributed by atoms with Crippen molar-refractivity contribution in [1.29, 1.82) is 0 Å². The molecule has 12 heavy (non-hydrogen) atoms. The Morgan fingerprint density at radius 1 is 1.25 bits per heavy atom. The zero-order valence-corrected chi connectivity index (χ0v) is 8.26. The summed E-state index contributed by atoms with van der Waals surface area (Å²) in [5, 5.41) is 0.926. The minimum absolute atomic E-state index is 0.779. The van der Waals surface area contributed by atoms with Gasteiger partial charge in [-0.2, -0.15) is 0 Å². The van der Waals surface area contributed by atoms with Crippen LogP contribution in [0.2, 0.25) is 0 Å². The average molecular weight is 224 g/mol. The third-order valence-electron chi connectivity index (χ3n) is 1.36. The number of benzene rings is 1. The molecule has 0 saturated carbocycles. The lowest BCUT2D eigenvalue weighted by Crippen LogP contribution is -1.83. The number of alkyl halides is 1. The largest absolute Gasteiger partial charge is 0.399 e. The Balaban J connectivity index is 2.66. The molecule has 0 saturated heterocycles. The Morgan fingerprint density at radius 3 is 2.50 bits per heavy atom. The molecule has 1 nitrogen and oxygen atoms in total. The van der Waals surface area contributed by atoms with Crippen LogP contribution in [0, 0.1) is 11.8 Å². The van der Waals surface area contributed by atoms with Gasteiger partial charge in [-0.1, -0.05) is 27.8 Å². The van der Waals surface area contributed by atoms with Crippen molar-refractivity contribution in [2.24, 2.45) is 0 Å². The van der Waals surface area contributed by atoms with Crippen LogP contribution in [0.3, 0.4) is 0 Å². The predicted octanol–water partition coefficient (Wildman–Crippen LogP) is 2.41. The van der Waals surface area contributed by atoms with Gasteiger partial charge in [0.05, 0.1) is 0 Å². The third-order valence-corrected chi connectivity index (χ3v) is 1.76. The van der Waals surface area contributed by atoms with Crippen molar-refractivity contribution < 1.29 is 0 Å². The van der Waals surface area contributed by atoms with E-state index in [2.05, 4.69) is 27.8 Å². The fourth-order valence-corrected chi connectivity index (χ4v) is 0.977. The number of hydrogen-bond donors (Lipinski definition) is 1. The van der Waals surface area contributed by atoms with E-state index in [1.54, 1.807) is 0 Å². The van der Waals surface area contributed by atoms with Gasteiger partial charge in [0.1, 0.15) is 0 Å². The van der Waals surface area contributed by atoms with Crippen molar-refractivity contribution in [3.63, 3.8) is 0 Å². The Kier molecular flexibility index (Phi) is 3.69. The molecule has 2 heteroatoms. The van der Waals surface area contributed by atoms with Gasteiger partial charge in [0.2, 0.25) is 0 Å². The summed E-state index contributed by atoms with van der Waals surface area (Å²) in [5.41, 5.74) is 7.32. The van der Waals surface area contributed by atoms with E-state index < -0.39 is 0 Å². The topological polar surface area (TPSA) is 26.0 Å². The molecular weight excluding hydrogens is 214 g/mol. The van der Waals surface area contributed by atoms with Crippen molar-refractivity contribution in [2.75, 3.05) is 11.1 Å². The summed E-state index contributed by atoms with van der Waals surface area (Å²) < 4.78 is 0. The highest BCUT2D eigenvalue weighted by Gasteiger charge is 1.84. The molecule has 0 aromatic heterocycles. The number of anilines is 1. The van der Waals surface area contributed by atoms with Gasteiger partial charge in [0.15, 0.2) is 0 Å². The summed E-state index contributed by atoms with van der Waals surface area (Å²) in [7, 11) is 0. The molecule has 0 spiro atoms. The Hall–Kier alpha value is -0.940. The first kappa shape index (κ1) is 9.15. The van der Waals surface area contributed by atoms with Gasteiger partial charge >= 0.3 is 0 Å². The van der Waals surface area contributed by atoms with Crippen LogP contribution in [-0.4, -0.2) is 5.33 Å². The molecule has 2 N–H and O–H groups in total. The average Bonchev–Trinajstić information content (AvgIpc) is 2.09. The summed E-state index contributed by atoms with van der Waals surface area (Å²) in [6.07, 6.45) is 0.879. The minimum Gasteiger partial charge on any atom is -0.399 e. The highest BCUT2D eigenvalue weighted by atomic mass is 79.9. The van der Waals surface area contributed by atoms with E-state index in [1.807, 2.05) is 24.3 Å². The second kappa shape index (κ2) is 4.84. The fourth-order valence-electron chi connectivity index (χ4n) is 0.778. The lowest BCUT2D eigenvalue weighted by molar-refractivity contribution is 1.32. The molecule has 0 amide bonds. The standard InChI is InChI=1S/C10H10BrN/c11-8-2-1-3-9-4-6-10(12)7-5-9/h4-7H,2,8,12H2. The van der Waals surface area contributed by atoms with Crippen LogP contribution in [0.1, 0.15) is 12.0 Å². The van der Waals surface area contributed by atoms with Gasteiger partial charge in [-0.3, -0.25) is 0 Å². The maximum atomic E-state index is 5.53. The number of nitrogen functional groups attached to an aromatic ring is 1. The number of nitrogens with two attached hydrogens (primary N) is 1. The van der Waals surface area contributed by atoms with Crippen LogP contribution in [0.4, 0.5) is 5.69 Å².